The van der Waals surface area contributed by atoms with Crippen LogP contribution in [-0.4, -0.2) is 23.3 Å². The van der Waals surface area contributed by atoms with Crippen LogP contribution in [0.15, 0.2) is 79.0 Å². The number of carbonyl (C=O) groups excluding carboxylic acids is 2. The summed E-state index contributed by atoms with van der Waals surface area (Å²) in [5.74, 6) is 1.48. The summed E-state index contributed by atoms with van der Waals surface area (Å²) < 4.78 is 11.7. The Kier molecular flexibility index (Phi) is 7.12. The first kappa shape index (κ1) is 24.8. The Bertz CT molecular complexity index is 1470. The van der Waals surface area contributed by atoms with Crippen LogP contribution in [0, 0.1) is 0 Å². The van der Waals surface area contributed by atoms with Gasteiger partial charge in [-0.15, -0.1) is 0 Å². The Morgan fingerprint density at radius 2 is 1.73 bits per heavy atom. The van der Waals surface area contributed by atoms with Gasteiger partial charge in [0.05, 0.1) is 11.6 Å². The molecule has 4 aromatic rings. The molecule has 0 saturated heterocycles. The van der Waals surface area contributed by atoms with Gasteiger partial charge in [0.25, 0.3) is 5.91 Å². The molecule has 1 unspecified atom stereocenters. The minimum absolute atomic E-state index is 0.0788. The van der Waals surface area contributed by atoms with Crippen molar-refractivity contribution < 1.29 is 19.1 Å². The molecule has 5 rings (SSSR count). The van der Waals surface area contributed by atoms with E-state index in [0.29, 0.717) is 51.7 Å². The molecule has 186 valence electrons. The van der Waals surface area contributed by atoms with Crippen molar-refractivity contribution in [1.29, 1.82) is 0 Å². The van der Waals surface area contributed by atoms with Crippen molar-refractivity contribution in [2.24, 2.45) is 0 Å². The highest BCUT2D eigenvalue weighted by Gasteiger charge is 2.27. The van der Waals surface area contributed by atoms with Gasteiger partial charge >= 0.3 is 0 Å². The number of hydrogen-bond acceptors (Lipinski definition) is 5. The summed E-state index contributed by atoms with van der Waals surface area (Å²) in [5.41, 5.74) is 3.09. The largest absolute Gasteiger partial charge is 0.493 e. The number of nitrogens with one attached hydrogen (secondary N) is 1. The number of carbonyl (C=O) groups is 2. The van der Waals surface area contributed by atoms with Gasteiger partial charge in [-0.2, -0.15) is 0 Å². The van der Waals surface area contributed by atoms with Crippen LogP contribution in [0.25, 0.3) is 11.1 Å². The van der Waals surface area contributed by atoms with E-state index in [0.717, 1.165) is 16.7 Å². The van der Waals surface area contributed by atoms with Crippen LogP contribution in [0.4, 0.5) is 5.82 Å². The number of anilines is 1. The second-order valence-electron chi connectivity index (χ2n) is 8.64. The molecule has 1 aliphatic heterocycles. The summed E-state index contributed by atoms with van der Waals surface area (Å²) in [6.07, 6.45) is 2.27. The summed E-state index contributed by atoms with van der Waals surface area (Å²) in [5, 5.41) is 3.86. The number of halogens is 2. The van der Waals surface area contributed by atoms with E-state index in [2.05, 4.69) is 10.3 Å². The van der Waals surface area contributed by atoms with E-state index >= 15 is 0 Å². The summed E-state index contributed by atoms with van der Waals surface area (Å²) in [6, 6.07) is 21.2. The van der Waals surface area contributed by atoms with Crippen LogP contribution in [0.2, 0.25) is 10.0 Å². The molecule has 1 N–H and O–H groups in total. The van der Waals surface area contributed by atoms with Gasteiger partial charge < -0.3 is 14.8 Å². The minimum atomic E-state index is -0.303. The molecule has 6 nitrogen and oxygen atoms in total. The molecule has 37 heavy (non-hydrogen) atoms. The second-order valence-corrected chi connectivity index (χ2v) is 9.48. The predicted octanol–water partition coefficient (Wildman–Crippen LogP) is 7.56. The van der Waals surface area contributed by atoms with Gasteiger partial charge in [-0.3, -0.25) is 9.59 Å². The summed E-state index contributed by atoms with van der Waals surface area (Å²) in [6.45, 7) is 2.03. The average Bonchev–Trinajstić information content (AvgIpc) is 2.89. The number of amides is 1. The molecule has 0 radical (unpaired) electrons. The number of Topliss-reactive ketones (excluding diaryl/α,β-unsaturated/α-hetero) is 1. The zero-order valence-electron chi connectivity index (χ0n) is 19.8. The topological polar surface area (TPSA) is 77.5 Å². The summed E-state index contributed by atoms with van der Waals surface area (Å²) in [4.78, 5) is 29.0. The molecular weight excluding hydrogens is 511 g/mol. The predicted molar refractivity (Wildman–Crippen MR) is 144 cm³/mol. The molecule has 1 amide bonds. The molecule has 0 spiro atoms. The van der Waals surface area contributed by atoms with E-state index in [1.54, 1.807) is 55.6 Å². The first-order chi connectivity index (χ1) is 17.9. The van der Waals surface area contributed by atoms with Crippen LogP contribution in [0.5, 0.6) is 17.2 Å². The number of rotatable bonds is 6. The maximum Gasteiger partial charge on any atom is 0.256 e. The molecule has 1 aliphatic rings. The normalized spacial score (nSPS) is 14.3. The monoisotopic (exact) mass is 532 g/mol. The van der Waals surface area contributed by atoms with Crippen molar-refractivity contribution in [3.8, 4) is 28.4 Å². The summed E-state index contributed by atoms with van der Waals surface area (Å²) >= 11 is 12.4. The Morgan fingerprint density at radius 1 is 0.973 bits per heavy atom. The van der Waals surface area contributed by atoms with Gasteiger partial charge in [-0.25, -0.2) is 4.98 Å². The lowest BCUT2D eigenvalue weighted by Gasteiger charge is -2.25. The van der Waals surface area contributed by atoms with Crippen molar-refractivity contribution in [1.82, 2.24) is 4.98 Å². The quantitative estimate of drug-likeness (QED) is 0.277. The zero-order chi connectivity index (χ0) is 25.9. The van der Waals surface area contributed by atoms with Crippen molar-refractivity contribution in [2.75, 3.05) is 11.9 Å². The van der Waals surface area contributed by atoms with Gasteiger partial charge in [0.1, 0.15) is 28.8 Å². The van der Waals surface area contributed by atoms with Crippen LogP contribution >= 0.6 is 23.2 Å². The van der Waals surface area contributed by atoms with Gasteiger partial charge in [-0.05, 0) is 79.1 Å². The Balaban J connectivity index is 1.28. The lowest BCUT2D eigenvalue weighted by atomic mass is 9.90. The first-order valence-corrected chi connectivity index (χ1v) is 12.4. The van der Waals surface area contributed by atoms with Gasteiger partial charge in [0, 0.05) is 34.3 Å². The zero-order valence-corrected chi connectivity index (χ0v) is 21.3. The SMILES string of the molecule is CC(=O)C1CCOc2cc(Oc3ccc(C(=O)Nc4cc(-c5ccc(Cl)cc5)ccn4)cc3)c(Cl)cc21. The van der Waals surface area contributed by atoms with Crippen LogP contribution in [0.3, 0.4) is 0 Å². The van der Waals surface area contributed by atoms with Gasteiger partial charge in [-0.1, -0.05) is 35.3 Å². The molecule has 0 saturated carbocycles. The number of pyridine rings is 1. The van der Waals surface area contributed by atoms with Gasteiger partial charge in [0.2, 0.25) is 0 Å². The van der Waals surface area contributed by atoms with Crippen molar-refractivity contribution in [2.45, 2.75) is 19.3 Å². The average molecular weight is 533 g/mol. The lowest BCUT2D eigenvalue weighted by Crippen LogP contribution is -2.19. The van der Waals surface area contributed by atoms with E-state index in [-0.39, 0.29) is 17.6 Å². The fourth-order valence-corrected chi connectivity index (χ4v) is 4.54. The number of benzene rings is 3. The molecule has 8 heteroatoms. The van der Waals surface area contributed by atoms with Crippen molar-refractivity contribution in [3.05, 3.63) is 100 Å². The lowest BCUT2D eigenvalue weighted by molar-refractivity contribution is -0.119. The molecule has 2 heterocycles. The standard InChI is InChI=1S/C29H22Cl2N2O4/c1-17(34)23-11-13-36-26-16-27(25(31)15-24(23)26)37-22-8-4-19(5-9-22)29(35)33-28-14-20(10-12-32-28)18-2-6-21(30)7-3-18/h2-10,12,14-16,23H,11,13H2,1H3,(H,32,33,35). The Hall–Kier alpha value is -3.87. The Labute approximate surface area is 224 Å². The van der Waals surface area contributed by atoms with Crippen LogP contribution in [0.1, 0.15) is 35.2 Å². The highest BCUT2D eigenvalue weighted by Crippen LogP contribution is 2.42. The smallest absolute Gasteiger partial charge is 0.256 e. The molecule has 0 fully saturated rings. The number of ketones is 1. The number of nitrogens with zero attached hydrogens (tertiary/aromatic N) is 1. The van der Waals surface area contributed by atoms with Crippen LogP contribution < -0.4 is 14.8 Å². The van der Waals surface area contributed by atoms with E-state index in [9.17, 15) is 9.59 Å². The fraction of sp³-hybridized carbons (Fsp3) is 0.138. The second kappa shape index (κ2) is 10.6. The molecule has 1 aromatic heterocycles. The third-order valence-corrected chi connectivity index (χ3v) is 6.67. The third kappa shape index (κ3) is 5.61. The maximum atomic E-state index is 12.8. The molecule has 0 bridgehead atoms. The van der Waals surface area contributed by atoms with Crippen molar-refractivity contribution in [3.63, 3.8) is 0 Å². The van der Waals surface area contributed by atoms with Crippen molar-refractivity contribution >= 4 is 40.7 Å². The van der Waals surface area contributed by atoms with E-state index < -0.39 is 0 Å². The highest BCUT2D eigenvalue weighted by atomic mass is 35.5. The number of aromatic nitrogens is 1. The summed E-state index contributed by atoms with van der Waals surface area (Å²) in [7, 11) is 0. The molecule has 3 aromatic carbocycles. The minimum Gasteiger partial charge on any atom is -0.493 e. The number of ether oxygens (including phenoxy) is 2. The maximum absolute atomic E-state index is 12.8. The van der Waals surface area contributed by atoms with Gasteiger partial charge in [0.15, 0.2) is 0 Å². The highest BCUT2D eigenvalue weighted by molar-refractivity contribution is 6.32. The molecular formula is C29H22Cl2N2O4. The molecule has 1 atom stereocenters. The third-order valence-electron chi connectivity index (χ3n) is 6.12. The first-order valence-electron chi connectivity index (χ1n) is 11.7. The fourth-order valence-electron chi connectivity index (χ4n) is 4.20. The van der Waals surface area contributed by atoms with E-state index in [1.807, 2.05) is 30.3 Å². The number of hydrogen-bond donors (Lipinski definition) is 1. The van der Waals surface area contributed by atoms with E-state index in [1.165, 1.54) is 0 Å². The van der Waals surface area contributed by atoms with E-state index in [4.69, 9.17) is 32.7 Å². The number of fused-ring (bicyclic) bond motifs is 1. The Morgan fingerprint density at radius 3 is 2.46 bits per heavy atom. The van der Waals surface area contributed by atoms with Crippen LogP contribution in [-0.2, 0) is 4.79 Å². The molecule has 0 aliphatic carbocycles.